The molecule has 0 spiro atoms. The van der Waals surface area contributed by atoms with Gasteiger partial charge in [-0.15, -0.1) is 0 Å². The van der Waals surface area contributed by atoms with Gasteiger partial charge in [0.25, 0.3) is 0 Å². The average molecular weight is 298 g/mol. The first-order chi connectivity index (χ1) is 10.4. The second-order valence-electron chi connectivity index (χ2n) is 6.43. The van der Waals surface area contributed by atoms with Gasteiger partial charge in [-0.25, -0.2) is 0 Å². The minimum absolute atomic E-state index is 0.0298. The number of rotatable bonds is 5. The molecular formula is C19H22O3. The maximum absolute atomic E-state index is 10.9. The second-order valence-corrected chi connectivity index (χ2v) is 6.43. The van der Waals surface area contributed by atoms with Crippen LogP contribution < -0.4 is 4.74 Å². The van der Waals surface area contributed by atoms with Crippen molar-refractivity contribution in [3.05, 3.63) is 65.2 Å². The molecule has 0 aliphatic carbocycles. The van der Waals surface area contributed by atoms with E-state index in [-0.39, 0.29) is 11.8 Å². The van der Waals surface area contributed by atoms with Gasteiger partial charge in [0, 0.05) is 0 Å². The fourth-order valence-electron chi connectivity index (χ4n) is 2.31. The van der Waals surface area contributed by atoms with Crippen molar-refractivity contribution in [1.29, 1.82) is 0 Å². The van der Waals surface area contributed by atoms with Crippen molar-refractivity contribution in [3.63, 3.8) is 0 Å². The number of hydrogen-bond donors (Lipinski definition) is 1. The summed E-state index contributed by atoms with van der Waals surface area (Å²) in [5.41, 5.74) is 2.82. The highest BCUT2D eigenvalue weighted by Gasteiger charge is 2.20. The van der Waals surface area contributed by atoms with Crippen LogP contribution >= 0.6 is 0 Å². The first-order valence-electron chi connectivity index (χ1n) is 7.38. The molecule has 0 aliphatic heterocycles. The summed E-state index contributed by atoms with van der Waals surface area (Å²) < 4.78 is 5.96. The first kappa shape index (κ1) is 16.1. The van der Waals surface area contributed by atoms with Crippen LogP contribution in [0.3, 0.4) is 0 Å². The summed E-state index contributed by atoms with van der Waals surface area (Å²) in [6, 6.07) is 15.6. The lowest BCUT2D eigenvalue weighted by Gasteiger charge is -2.23. The lowest BCUT2D eigenvalue weighted by molar-refractivity contribution is -0.136. The number of ether oxygens (including phenoxy) is 1. The van der Waals surface area contributed by atoms with E-state index in [0.29, 0.717) is 6.61 Å². The Bertz CT molecular complexity index is 639. The van der Waals surface area contributed by atoms with Crippen molar-refractivity contribution in [2.75, 3.05) is 0 Å². The van der Waals surface area contributed by atoms with Gasteiger partial charge in [0.2, 0.25) is 0 Å². The van der Waals surface area contributed by atoms with Crippen molar-refractivity contribution < 1.29 is 14.6 Å². The molecule has 0 bridgehead atoms. The molecule has 2 rings (SSSR count). The zero-order chi connectivity index (χ0) is 16.2. The lowest BCUT2D eigenvalue weighted by Crippen LogP contribution is -2.14. The van der Waals surface area contributed by atoms with E-state index in [1.165, 1.54) is 0 Å². The summed E-state index contributed by atoms with van der Waals surface area (Å²) in [5, 5.41) is 8.95. The highest BCUT2D eigenvalue weighted by molar-refractivity contribution is 5.70. The minimum Gasteiger partial charge on any atom is -0.489 e. The Morgan fingerprint density at radius 2 is 1.73 bits per heavy atom. The normalized spacial score (nSPS) is 11.2. The summed E-state index contributed by atoms with van der Waals surface area (Å²) in [7, 11) is 0. The number of carboxylic acid groups (broad SMARTS) is 1. The van der Waals surface area contributed by atoms with Gasteiger partial charge in [-0.3, -0.25) is 4.79 Å². The van der Waals surface area contributed by atoms with E-state index in [0.717, 1.165) is 22.4 Å². The third-order valence-electron chi connectivity index (χ3n) is 3.44. The topological polar surface area (TPSA) is 46.5 Å². The highest BCUT2D eigenvalue weighted by atomic mass is 16.5. The van der Waals surface area contributed by atoms with Crippen LogP contribution in [0.2, 0.25) is 0 Å². The van der Waals surface area contributed by atoms with Gasteiger partial charge in [0.15, 0.2) is 0 Å². The van der Waals surface area contributed by atoms with Crippen LogP contribution in [0.1, 0.15) is 37.5 Å². The Kier molecular flexibility index (Phi) is 4.86. The molecule has 2 aromatic rings. The fraction of sp³-hybridized carbons (Fsp3) is 0.316. The van der Waals surface area contributed by atoms with Gasteiger partial charge in [0.1, 0.15) is 12.4 Å². The zero-order valence-corrected chi connectivity index (χ0v) is 13.3. The minimum atomic E-state index is -0.821. The van der Waals surface area contributed by atoms with Crippen LogP contribution in [-0.4, -0.2) is 11.1 Å². The van der Waals surface area contributed by atoms with Crippen LogP contribution in [0, 0.1) is 0 Å². The van der Waals surface area contributed by atoms with Gasteiger partial charge < -0.3 is 9.84 Å². The molecule has 0 radical (unpaired) electrons. The largest absolute Gasteiger partial charge is 0.489 e. The third-order valence-corrected chi connectivity index (χ3v) is 3.44. The van der Waals surface area contributed by atoms with Crippen molar-refractivity contribution in [2.45, 2.75) is 39.2 Å². The molecule has 22 heavy (non-hydrogen) atoms. The lowest BCUT2D eigenvalue weighted by atomic mass is 9.85. The zero-order valence-electron chi connectivity index (χ0n) is 13.3. The van der Waals surface area contributed by atoms with Crippen molar-refractivity contribution in [1.82, 2.24) is 0 Å². The molecule has 0 aromatic heterocycles. The van der Waals surface area contributed by atoms with Gasteiger partial charge >= 0.3 is 5.97 Å². The SMILES string of the molecule is CC(C)(C)c1cc(CC(=O)O)ccc1OCc1ccccc1. The molecule has 1 N–H and O–H groups in total. The molecule has 2 aromatic carbocycles. The number of carbonyl (C=O) groups is 1. The molecule has 3 nitrogen and oxygen atoms in total. The van der Waals surface area contributed by atoms with Gasteiger partial charge in [-0.1, -0.05) is 63.2 Å². The van der Waals surface area contributed by atoms with E-state index in [1.54, 1.807) is 0 Å². The summed E-state index contributed by atoms with van der Waals surface area (Å²) in [6.45, 7) is 6.80. The van der Waals surface area contributed by atoms with E-state index in [2.05, 4.69) is 20.8 Å². The van der Waals surface area contributed by atoms with Gasteiger partial charge in [0.05, 0.1) is 6.42 Å². The van der Waals surface area contributed by atoms with E-state index in [4.69, 9.17) is 9.84 Å². The Labute approximate surface area is 131 Å². The molecule has 0 aliphatic rings. The smallest absolute Gasteiger partial charge is 0.307 e. The van der Waals surface area contributed by atoms with Crippen LogP contribution in [0.4, 0.5) is 0 Å². The Morgan fingerprint density at radius 3 is 2.32 bits per heavy atom. The second kappa shape index (κ2) is 6.65. The standard InChI is InChI=1S/C19H22O3/c1-19(2,3)16-11-15(12-18(20)21)9-10-17(16)22-13-14-7-5-4-6-8-14/h4-11H,12-13H2,1-3H3,(H,20,21). The molecule has 0 amide bonds. The van der Waals surface area contributed by atoms with E-state index < -0.39 is 5.97 Å². The predicted molar refractivity (Wildman–Crippen MR) is 87.3 cm³/mol. The first-order valence-corrected chi connectivity index (χ1v) is 7.38. The molecule has 0 saturated heterocycles. The third kappa shape index (κ3) is 4.35. The highest BCUT2D eigenvalue weighted by Crippen LogP contribution is 2.32. The molecule has 0 fully saturated rings. The van der Waals surface area contributed by atoms with E-state index >= 15 is 0 Å². The van der Waals surface area contributed by atoms with E-state index in [9.17, 15) is 4.79 Å². The molecule has 116 valence electrons. The number of hydrogen-bond acceptors (Lipinski definition) is 2. The van der Waals surface area contributed by atoms with E-state index in [1.807, 2.05) is 48.5 Å². The van der Waals surface area contributed by atoms with Crippen molar-refractivity contribution in [3.8, 4) is 5.75 Å². The number of carboxylic acids is 1. The van der Waals surface area contributed by atoms with Crippen molar-refractivity contribution >= 4 is 5.97 Å². The molecule has 0 heterocycles. The molecule has 0 atom stereocenters. The molecule has 0 unspecified atom stereocenters. The summed E-state index contributed by atoms with van der Waals surface area (Å²) in [6.07, 6.45) is 0.0298. The Balaban J connectivity index is 2.24. The quantitative estimate of drug-likeness (QED) is 0.900. The monoisotopic (exact) mass is 298 g/mol. The van der Waals surface area contributed by atoms with Gasteiger partial charge in [-0.2, -0.15) is 0 Å². The maximum atomic E-state index is 10.9. The van der Waals surface area contributed by atoms with Crippen LogP contribution in [-0.2, 0) is 23.2 Å². The average Bonchev–Trinajstić information content (AvgIpc) is 2.45. The van der Waals surface area contributed by atoms with Crippen molar-refractivity contribution in [2.24, 2.45) is 0 Å². The molecule has 3 heteroatoms. The summed E-state index contributed by atoms with van der Waals surface area (Å²) >= 11 is 0. The Hall–Kier alpha value is -2.29. The maximum Gasteiger partial charge on any atom is 0.307 e. The predicted octanol–water partition coefficient (Wildman–Crippen LogP) is 4.19. The molecule has 0 saturated carbocycles. The van der Waals surface area contributed by atoms with Crippen LogP contribution in [0.25, 0.3) is 0 Å². The number of benzene rings is 2. The summed E-state index contributed by atoms with van der Waals surface area (Å²) in [4.78, 5) is 10.9. The summed E-state index contributed by atoms with van der Waals surface area (Å²) in [5.74, 6) is -0.0108. The fourth-order valence-corrected chi connectivity index (χ4v) is 2.31. The molecular weight excluding hydrogens is 276 g/mol. The Morgan fingerprint density at radius 1 is 1.05 bits per heavy atom. The van der Waals surface area contributed by atoms with Crippen LogP contribution in [0.15, 0.2) is 48.5 Å². The number of aliphatic carboxylic acids is 1. The van der Waals surface area contributed by atoms with Gasteiger partial charge in [-0.05, 0) is 28.2 Å². The van der Waals surface area contributed by atoms with Crippen LogP contribution in [0.5, 0.6) is 5.75 Å².